The Hall–Kier alpha value is -2.68. The quantitative estimate of drug-likeness (QED) is 0.866. The molecule has 0 aromatic carbocycles. The minimum absolute atomic E-state index is 0.141. The molecule has 25 heavy (non-hydrogen) atoms. The Kier molecular flexibility index (Phi) is 5.13. The number of rotatable bonds is 4. The third-order valence-electron chi connectivity index (χ3n) is 3.88. The smallest absolute Gasteiger partial charge is 0.323 e. The topological polar surface area (TPSA) is 109 Å². The van der Waals surface area contributed by atoms with Gasteiger partial charge < -0.3 is 14.4 Å². The number of carboxylic acid groups (broad SMARTS) is 1. The molecule has 1 fully saturated rings. The van der Waals surface area contributed by atoms with Crippen LogP contribution in [0.15, 0.2) is 22.8 Å². The first-order valence-electron chi connectivity index (χ1n) is 7.85. The number of anilines is 1. The predicted octanol–water partition coefficient (Wildman–Crippen LogP) is 2.88. The third-order valence-corrected chi connectivity index (χ3v) is 4.69. The zero-order chi connectivity index (χ0) is 17.8. The lowest BCUT2D eigenvalue weighted by Gasteiger charge is -2.34. The Morgan fingerprint density at radius 1 is 1.40 bits per heavy atom. The van der Waals surface area contributed by atoms with Crippen LogP contribution in [0.2, 0.25) is 0 Å². The number of nitrogens with zero attached hydrogens (tertiary/aromatic N) is 3. The highest BCUT2D eigenvalue weighted by molar-refractivity contribution is 7.16. The van der Waals surface area contributed by atoms with E-state index in [1.165, 1.54) is 16.2 Å². The number of carbonyl (C=O) groups excluding carboxylic acids is 1. The Bertz CT molecular complexity index is 771. The Labute approximate surface area is 148 Å². The number of piperidine rings is 1. The first-order valence-corrected chi connectivity index (χ1v) is 8.66. The summed E-state index contributed by atoms with van der Waals surface area (Å²) in [7, 11) is 0. The molecule has 2 N–H and O–H groups in total. The summed E-state index contributed by atoms with van der Waals surface area (Å²) in [5, 5.41) is 20.8. The summed E-state index contributed by atoms with van der Waals surface area (Å²) >= 11 is 1.23. The van der Waals surface area contributed by atoms with Crippen molar-refractivity contribution in [1.82, 2.24) is 15.1 Å². The molecular weight excluding hydrogens is 344 g/mol. The number of carboxylic acids is 1. The fourth-order valence-corrected chi connectivity index (χ4v) is 3.39. The van der Waals surface area contributed by atoms with Gasteiger partial charge in [-0.2, -0.15) is 0 Å². The molecule has 132 valence electrons. The average molecular weight is 362 g/mol. The summed E-state index contributed by atoms with van der Waals surface area (Å²) in [4.78, 5) is 25.1. The number of furan rings is 1. The van der Waals surface area contributed by atoms with E-state index in [2.05, 4.69) is 15.5 Å². The van der Waals surface area contributed by atoms with Crippen molar-refractivity contribution in [3.8, 4) is 0 Å². The second-order valence-corrected chi connectivity index (χ2v) is 7.01. The summed E-state index contributed by atoms with van der Waals surface area (Å²) in [6.07, 6.45) is 5.67. The number of aromatic nitrogens is 2. The summed E-state index contributed by atoms with van der Waals surface area (Å²) in [6.45, 7) is 2.67. The molecule has 8 nitrogen and oxygen atoms in total. The molecule has 2 atom stereocenters. The molecular formula is C16H18N4O4S. The maximum atomic E-state index is 12.4. The van der Waals surface area contributed by atoms with Gasteiger partial charge in [0.25, 0.3) is 0 Å². The first kappa shape index (κ1) is 17.2. The van der Waals surface area contributed by atoms with E-state index in [0.29, 0.717) is 28.9 Å². The fourth-order valence-electron chi connectivity index (χ4n) is 2.76. The molecule has 1 aliphatic heterocycles. The lowest BCUT2D eigenvalue weighted by atomic mass is 9.91. The van der Waals surface area contributed by atoms with Crippen molar-refractivity contribution in [2.75, 3.05) is 18.4 Å². The average Bonchev–Trinajstić information content (AvgIpc) is 3.23. The molecule has 0 saturated carbocycles. The van der Waals surface area contributed by atoms with Crippen molar-refractivity contribution in [1.29, 1.82) is 0 Å². The van der Waals surface area contributed by atoms with Crippen LogP contribution in [0.3, 0.4) is 0 Å². The normalized spacial score (nSPS) is 20.8. The van der Waals surface area contributed by atoms with Crippen molar-refractivity contribution in [2.45, 2.75) is 13.3 Å². The van der Waals surface area contributed by atoms with E-state index >= 15 is 0 Å². The monoisotopic (exact) mass is 362 g/mol. The number of nitrogens with one attached hydrogen (secondary N) is 1. The molecule has 0 spiro atoms. The van der Waals surface area contributed by atoms with Gasteiger partial charge in [-0.15, -0.1) is 10.2 Å². The van der Waals surface area contributed by atoms with Gasteiger partial charge in [-0.1, -0.05) is 18.3 Å². The van der Waals surface area contributed by atoms with Gasteiger partial charge in [0.05, 0.1) is 12.2 Å². The van der Waals surface area contributed by atoms with E-state index in [1.54, 1.807) is 24.5 Å². The molecule has 0 aliphatic carbocycles. The van der Waals surface area contributed by atoms with Crippen molar-refractivity contribution in [2.24, 2.45) is 11.8 Å². The van der Waals surface area contributed by atoms with Gasteiger partial charge in [0.1, 0.15) is 10.8 Å². The molecule has 2 aromatic heterocycles. The van der Waals surface area contributed by atoms with Gasteiger partial charge in [-0.05, 0) is 36.6 Å². The second-order valence-electron chi connectivity index (χ2n) is 6.01. The molecule has 2 amide bonds. The zero-order valence-corrected chi connectivity index (χ0v) is 14.4. The fraction of sp³-hybridized carbons (Fsp3) is 0.375. The van der Waals surface area contributed by atoms with E-state index in [-0.39, 0.29) is 18.5 Å². The largest absolute Gasteiger partial charge is 0.481 e. The number of likely N-dealkylation sites (tertiary alicyclic amines) is 1. The first-order chi connectivity index (χ1) is 12.0. The van der Waals surface area contributed by atoms with Crippen LogP contribution < -0.4 is 5.32 Å². The second kappa shape index (κ2) is 7.47. The summed E-state index contributed by atoms with van der Waals surface area (Å²) in [5.41, 5.74) is 0. The van der Waals surface area contributed by atoms with Gasteiger partial charge in [-0.3, -0.25) is 10.1 Å². The molecule has 3 heterocycles. The van der Waals surface area contributed by atoms with Crippen LogP contribution in [-0.4, -0.2) is 45.3 Å². The third kappa shape index (κ3) is 4.44. The van der Waals surface area contributed by atoms with Crippen LogP contribution in [0.25, 0.3) is 12.2 Å². The molecule has 2 aromatic rings. The highest BCUT2D eigenvalue weighted by Gasteiger charge is 2.32. The number of aliphatic carboxylic acids is 1. The summed E-state index contributed by atoms with van der Waals surface area (Å²) in [5.74, 6) is -0.564. The Morgan fingerprint density at radius 3 is 2.96 bits per heavy atom. The van der Waals surface area contributed by atoms with Crippen LogP contribution in [0, 0.1) is 11.8 Å². The molecule has 1 saturated heterocycles. The van der Waals surface area contributed by atoms with Gasteiger partial charge in [0.15, 0.2) is 0 Å². The van der Waals surface area contributed by atoms with Gasteiger partial charge in [0, 0.05) is 13.1 Å². The molecule has 0 radical (unpaired) electrons. The maximum Gasteiger partial charge on any atom is 0.323 e. The number of hydrogen-bond donors (Lipinski definition) is 2. The van der Waals surface area contributed by atoms with Gasteiger partial charge in [0.2, 0.25) is 5.13 Å². The summed E-state index contributed by atoms with van der Waals surface area (Å²) in [6, 6.07) is 3.25. The maximum absolute atomic E-state index is 12.4. The standard InChI is InChI=1S/C16H18N4O4S/c1-10-7-11(14(21)22)9-20(8-10)16(23)17-15-19-18-13(25-15)5-4-12-3-2-6-24-12/h2-6,10-11H,7-9H2,1H3,(H,21,22)(H,17,19,23)/b5-4+. The Morgan fingerprint density at radius 2 is 2.24 bits per heavy atom. The minimum atomic E-state index is -0.870. The lowest BCUT2D eigenvalue weighted by Crippen LogP contribution is -2.47. The van der Waals surface area contributed by atoms with Crippen LogP contribution in [0.5, 0.6) is 0 Å². The molecule has 9 heteroatoms. The van der Waals surface area contributed by atoms with E-state index in [4.69, 9.17) is 4.42 Å². The van der Waals surface area contributed by atoms with Gasteiger partial charge >= 0.3 is 12.0 Å². The van der Waals surface area contributed by atoms with Crippen molar-refractivity contribution in [3.63, 3.8) is 0 Å². The van der Waals surface area contributed by atoms with E-state index in [1.807, 2.05) is 13.0 Å². The SMILES string of the molecule is CC1CC(C(=O)O)CN(C(=O)Nc2nnc(/C=C/c3ccco3)s2)C1. The molecule has 0 bridgehead atoms. The Balaban J connectivity index is 1.60. The van der Waals surface area contributed by atoms with Gasteiger partial charge in [-0.25, -0.2) is 4.79 Å². The van der Waals surface area contributed by atoms with E-state index in [0.717, 1.165) is 0 Å². The molecule has 1 aliphatic rings. The van der Waals surface area contributed by atoms with Crippen LogP contribution in [0.1, 0.15) is 24.1 Å². The van der Waals surface area contributed by atoms with Crippen LogP contribution in [0.4, 0.5) is 9.93 Å². The number of carbonyl (C=O) groups is 2. The predicted molar refractivity (Wildman–Crippen MR) is 93.0 cm³/mol. The minimum Gasteiger partial charge on any atom is -0.481 e. The summed E-state index contributed by atoms with van der Waals surface area (Å²) < 4.78 is 5.19. The number of amides is 2. The van der Waals surface area contributed by atoms with E-state index in [9.17, 15) is 14.7 Å². The van der Waals surface area contributed by atoms with Crippen molar-refractivity contribution in [3.05, 3.63) is 29.2 Å². The highest BCUT2D eigenvalue weighted by Crippen LogP contribution is 2.23. The highest BCUT2D eigenvalue weighted by atomic mass is 32.1. The van der Waals surface area contributed by atoms with Crippen molar-refractivity contribution < 1.29 is 19.1 Å². The molecule has 3 rings (SSSR count). The lowest BCUT2D eigenvalue weighted by molar-refractivity contribution is -0.143. The van der Waals surface area contributed by atoms with Crippen LogP contribution in [-0.2, 0) is 4.79 Å². The van der Waals surface area contributed by atoms with Crippen molar-refractivity contribution >= 4 is 40.6 Å². The molecule has 2 unspecified atom stereocenters. The zero-order valence-electron chi connectivity index (χ0n) is 13.6. The number of urea groups is 1. The van der Waals surface area contributed by atoms with E-state index < -0.39 is 11.9 Å². The number of hydrogen-bond acceptors (Lipinski definition) is 6. The van der Waals surface area contributed by atoms with Crippen LogP contribution >= 0.6 is 11.3 Å².